The van der Waals surface area contributed by atoms with Gasteiger partial charge >= 0.3 is 0 Å². The molecule has 2 heteroatoms. The van der Waals surface area contributed by atoms with Crippen LogP contribution in [-0.2, 0) is 0 Å². The van der Waals surface area contributed by atoms with E-state index in [-0.39, 0.29) is 6.10 Å². The summed E-state index contributed by atoms with van der Waals surface area (Å²) in [5, 5.41) is 10.4. The van der Waals surface area contributed by atoms with E-state index in [9.17, 15) is 5.11 Å². The van der Waals surface area contributed by atoms with Gasteiger partial charge in [0.05, 0.1) is 6.10 Å². The Morgan fingerprint density at radius 2 is 1.56 bits per heavy atom. The monoisotopic (exact) mass is 251 g/mol. The molecule has 0 aromatic rings. The first-order chi connectivity index (χ1) is 8.83. The highest BCUT2D eigenvalue weighted by Gasteiger charge is 2.33. The lowest BCUT2D eigenvalue weighted by molar-refractivity contribution is 0.0244. The molecule has 3 atom stereocenters. The van der Waals surface area contributed by atoms with Crippen molar-refractivity contribution in [1.29, 1.82) is 0 Å². The maximum absolute atomic E-state index is 10.4. The summed E-state index contributed by atoms with van der Waals surface area (Å²) in [5.41, 5.74) is 0. The molecular formula is C16H29NO. The molecule has 0 bridgehead atoms. The third-order valence-electron chi connectivity index (χ3n) is 5.76. The van der Waals surface area contributed by atoms with Crippen LogP contribution in [0.2, 0.25) is 0 Å². The van der Waals surface area contributed by atoms with Gasteiger partial charge in [-0.25, -0.2) is 0 Å². The molecule has 3 fully saturated rings. The standard InChI is InChI=1S/C16H29NO/c18-16(14-6-2-3-7-14)12-17-10-9-13-5-1-4-8-15(13)11-17/h13-16,18H,1-12H2. The van der Waals surface area contributed by atoms with Gasteiger partial charge in [-0.05, 0) is 50.0 Å². The number of piperidine rings is 1. The van der Waals surface area contributed by atoms with Crippen molar-refractivity contribution in [3.63, 3.8) is 0 Å². The summed E-state index contributed by atoms with van der Waals surface area (Å²) in [4.78, 5) is 2.56. The molecule has 0 radical (unpaired) electrons. The SMILES string of the molecule is OC(CN1CCC2CCCCC2C1)C1CCCC1. The summed E-state index contributed by atoms with van der Waals surface area (Å²) in [5.74, 6) is 2.57. The molecule has 3 unspecified atom stereocenters. The van der Waals surface area contributed by atoms with Gasteiger partial charge in [0, 0.05) is 13.1 Å². The predicted octanol–water partition coefficient (Wildman–Crippen LogP) is 3.05. The van der Waals surface area contributed by atoms with Crippen molar-refractivity contribution in [3.8, 4) is 0 Å². The quantitative estimate of drug-likeness (QED) is 0.833. The van der Waals surface area contributed by atoms with Crippen LogP contribution in [0.15, 0.2) is 0 Å². The highest BCUT2D eigenvalue weighted by atomic mass is 16.3. The Morgan fingerprint density at radius 1 is 0.889 bits per heavy atom. The third-order valence-corrected chi connectivity index (χ3v) is 5.76. The molecule has 3 aliphatic rings. The average Bonchev–Trinajstić information content (AvgIpc) is 2.92. The smallest absolute Gasteiger partial charge is 0.0695 e. The number of nitrogens with zero attached hydrogens (tertiary/aromatic N) is 1. The number of hydrogen-bond acceptors (Lipinski definition) is 2. The second kappa shape index (κ2) is 5.92. The summed E-state index contributed by atoms with van der Waals surface area (Å²) >= 11 is 0. The normalized spacial score (nSPS) is 36.5. The van der Waals surface area contributed by atoms with E-state index in [1.807, 2.05) is 0 Å². The van der Waals surface area contributed by atoms with Crippen LogP contribution in [0.3, 0.4) is 0 Å². The molecule has 0 amide bonds. The van der Waals surface area contributed by atoms with Gasteiger partial charge in [-0.2, -0.15) is 0 Å². The van der Waals surface area contributed by atoms with E-state index in [0.717, 1.165) is 18.4 Å². The Morgan fingerprint density at radius 3 is 2.33 bits per heavy atom. The lowest BCUT2D eigenvalue weighted by atomic mass is 9.75. The fourth-order valence-electron chi connectivity index (χ4n) is 4.60. The molecule has 2 saturated carbocycles. The molecule has 1 saturated heterocycles. The van der Waals surface area contributed by atoms with E-state index in [0.29, 0.717) is 5.92 Å². The van der Waals surface area contributed by atoms with Crippen molar-refractivity contribution < 1.29 is 5.11 Å². The maximum Gasteiger partial charge on any atom is 0.0695 e. The molecule has 0 aromatic carbocycles. The Balaban J connectivity index is 1.48. The van der Waals surface area contributed by atoms with E-state index < -0.39 is 0 Å². The van der Waals surface area contributed by atoms with Gasteiger partial charge in [-0.1, -0.05) is 32.1 Å². The summed E-state index contributed by atoms with van der Waals surface area (Å²) in [6, 6.07) is 0. The van der Waals surface area contributed by atoms with Crippen molar-refractivity contribution in [2.45, 2.75) is 63.9 Å². The molecule has 1 N–H and O–H groups in total. The Labute approximate surface area is 112 Å². The summed E-state index contributed by atoms with van der Waals surface area (Å²) < 4.78 is 0. The van der Waals surface area contributed by atoms with E-state index >= 15 is 0 Å². The molecule has 3 rings (SSSR count). The van der Waals surface area contributed by atoms with Crippen LogP contribution < -0.4 is 0 Å². The first-order valence-corrected chi connectivity index (χ1v) is 8.23. The van der Waals surface area contributed by atoms with Gasteiger partial charge in [0.1, 0.15) is 0 Å². The van der Waals surface area contributed by atoms with Crippen molar-refractivity contribution in [2.75, 3.05) is 19.6 Å². The van der Waals surface area contributed by atoms with Crippen LogP contribution in [0.5, 0.6) is 0 Å². The fourth-order valence-corrected chi connectivity index (χ4v) is 4.60. The number of hydrogen-bond donors (Lipinski definition) is 1. The highest BCUT2D eigenvalue weighted by molar-refractivity contribution is 4.85. The van der Waals surface area contributed by atoms with Gasteiger partial charge in [0.2, 0.25) is 0 Å². The fraction of sp³-hybridized carbons (Fsp3) is 1.00. The maximum atomic E-state index is 10.4. The zero-order chi connectivity index (χ0) is 12.4. The van der Waals surface area contributed by atoms with Gasteiger partial charge in [0.25, 0.3) is 0 Å². The van der Waals surface area contributed by atoms with Crippen LogP contribution in [0, 0.1) is 17.8 Å². The molecular weight excluding hydrogens is 222 g/mol. The van der Waals surface area contributed by atoms with Crippen LogP contribution in [0.4, 0.5) is 0 Å². The molecule has 1 aliphatic heterocycles. The van der Waals surface area contributed by atoms with Gasteiger partial charge in [-0.15, -0.1) is 0 Å². The van der Waals surface area contributed by atoms with E-state index in [1.165, 1.54) is 70.9 Å². The highest BCUT2D eigenvalue weighted by Crippen LogP contribution is 2.36. The largest absolute Gasteiger partial charge is 0.392 e. The van der Waals surface area contributed by atoms with E-state index in [2.05, 4.69) is 4.90 Å². The van der Waals surface area contributed by atoms with Crippen molar-refractivity contribution in [2.24, 2.45) is 17.8 Å². The Hall–Kier alpha value is -0.0800. The lowest BCUT2D eigenvalue weighted by Gasteiger charge is -2.42. The molecule has 0 spiro atoms. The number of likely N-dealkylation sites (tertiary alicyclic amines) is 1. The van der Waals surface area contributed by atoms with Crippen LogP contribution in [0.25, 0.3) is 0 Å². The molecule has 2 nitrogen and oxygen atoms in total. The molecule has 2 aliphatic carbocycles. The third kappa shape index (κ3) is 2.91. The number of rotatable bonds is 3. The topological polar surface area (TPSA) is 23.5 Å². The molecule has 104 valence electrons. The van der Waals surface area contributed by atoms with Crippen molar-refractivity contribution >= 4 is 0 Å². The van der Waals surface area contributed by atoms with E-state index in [4.69, 9.17) is 0 Å². The minimum absolute atomic E-state index is 0.0485. The van der Waals surface area contributed by atoms with Gasteiger partial charge < -0.3 is 10.0 Å². The second-order valence-electron chi connectivity index (χ2n) is 6.96. The van der Waals surface area contributed by atoms with Crippen LogP contribution >= 0.6 is 0 Å². The summed E-state index contributed by atoms with van der Waals surface area (Å²) in [6.45, 7) is 3.47. The number of aliphatic hydroxyl groups excluding tert-OH is 1. The zero-order valence-electron chi connectivity index (χ0n) is 11.7. The summed E-state index contributed by atoms with van der Waals surface area (Å²) in [7, 11) is 0. The van der Waals surface area contributed by atoms with Crippen LogP contribution in [0.1, 0.15) is 57.8 Å². The number of β-amino-alcohol motifs (C(OH)–C–C–N with tert-alkyl or cyclic N) is 1. The predicted molar refractivity (Wildman–Crippen MR) is 74.5 cm³/mol. The van der Waals surface area contributed by atoms with Gasteiger partial charge in [0.15, 0.2) is 0 Å². The summed E-state index contributed by atoms with van der Waals surface area (Å²) in [6.07, 6.45) is 12.4. The van der Waals surface area contributed by atoms with Gasteiger partial charge in [-0.3, -0.25) is 0 Å². The van der Waals surface area contributed by atoms with E-state index in [1.54, 1.807) is 0 Å². The molecule has 18 heavy (non-hydrogen) atoms. The Kier molecular flexibility index (Phi) is 4.25. The number of fused-ring (bicyclic) bond motifs is 1. The van der Waals surface area contributed by atoms with Crippen LogP contribution in [-0.4, -0.2) is 35.7 Å². The average molecular weight is 251 g/mol. The van der Waals surface area contributed by atoms with Crippen molar-refractivity contribution in [1.82, 2.24) is 4.90 Å². The first kappa shape index (κ1) is 12.9. The second-order valence-corrected chi connectivity index (χ2v) is 6.96. The minimum atomic E-state index is -0.0485. The number of aliphatic hydroxyl groups is 1. The lowest BCUT2D eigenvalue weighted by Crippen LogP contribution is -2.45. The Bertz CT molecular complexity index is 262. The molecule has 1 heterocycles. The minimum Gasteiger partial charge on any atom is -0.392 e. The van der Waals surface area contributed by atoms with Crippen molar-refractivity contribution in [3.05, 3.63) is 0 Å². The first-order valence-electron chi connectivity index (χ1n) is 8.23. The molecule has 0 aromatic heterocycles. The zero-order valence-corrected chi connectivity index (χ0v) is 11.7.